The Balaban J connectivity index is 1.89. The molecule has 3 atom stereocenters. The van der Waals surface area contributed by atoms with Gasteiger partial charge in [-0.3, -0.25) is 9.59 Å². The van der Waals surface area contributed by atoms with Crippen LogP contribution in [0.5, 0.6) is 0 Å². The fraction of sp³-hybridized carbons (Fsp3) is 0.647. The Morgan fingerprint density at radius 3 is 2.78 bits per heavy atom. The van der Waals surface area contributed by atoms with Crippen LogP contribution in [0, 0.1) is 5.92 Å². The maximum Gasteiger partial charge on any atom is 0.243 e. The molecule has 0 aliphatic carbocycles. The van der Waals surface area contributed by atoms with Crippen molar-refractivity contribution in [2.45, 2.75) is 58.2 Å². The fourth-order valence-corrected chi connectivity index (χ4v) is 2.96. The Hall–Kier alpha value is -1.82. The summed E-state index contributed by atoms with van der Waals surface area (Å²) in [6.45, 7) is 6.17. The van der Waals surface area contributed by atoms with E-state index in [1.807, 2.05) is 20.8 Å². The molecule has 0 radical (unpaired) electrons. The molecule has 23 heavy (non-hydrogen) atoms. The summed E-state index contributed by atoms with van der Waals surface area (Å²) in [6.07, 6.45) is 2.66. The van der Waals surface area contributed by atoms with Crippen molar-refractivity contribution in [2.75, 3.05) is 6.54 Å². The van der Waals surface area contributed by atoms with Gasteiger partial charge in [0.1, 0.15) is 17.9 Å². The number of amides is 2. The van der Waals surface area contributed by atoms with Crippen molar-refractivity contribution in [3.8, 4) is 0 Å². The smallest absolute Gasteiger partial charge is 0.243 e. The van der Waals surface area contributed by atoms with Gasteiger partial charge in [0.25, 0.3) is 0 Å². The summed E-state index contributed by atoms with van der Waals surface area (Å²) in [5.74, 6) is 0.256. The van der Waals surface area contributed by atoms with Gasteiger partial charge in [-0.15, -0.1) is 0 Å². The van der Waals surface area contributed by atoms with E-state index < -0.39 is 12.1 Å². The van der Waals surface area contributed by atoms with Crippen molar-refractivity contribution in [3.05, 3.63) is 24.2 Å². The molecule has 0 bridgehead atoms. The molecule has 1 fully saturated rings. The van der Waals surface area contributed by atoms with Crippen LogP contribution in [-0.4, -0.2) is 40.4 Å². The summed E-state index contributed by atoms with van der Waals surface area (Å²) in [5.41, 5.74) is 0. The first kappa shape index (κ1) is 17.5. The summed E-state index contributed by atoms with van der Waals surface area (Å²) in [7, 11) is 0. The third-order valence-electron chi connectivity index (χ3n) is 4.17. The zero-order valence-corrected chi connectivity index (χ0v) is 14.0. The molecule has 1 aliphatic heterocycles. The largest absolute Gasteiger partial charge is 0.467 e. The van der Waals surface area contributed by atoms with Gasteiger partial charge in [-0.1, -0.05) is 13.8 Å². The van der Waals surface area contributed by atoms with Gasteiger partial charge in [0, 0.05) is 24.9 Å². The summed E-state index contributed by atoms with van der Waals surface area (Å²) >= 11 is 0. The predicted octanol–water partition coefficient (Wildman–Crippen LogP) is 1.85. The molecule has 1 aromatic rings. The molecule has 0 spiro atoms. The van der Waals surface area contributed by atoms with E-state index in [4.69, 9.17) is 4.42 Å². The van der Waals surface area contributed by atoms with E-state index in [0.29, 0.717) is 25.1 Å². The van der Waals surface area contributed by atoms with Gasteiger partial charge >= 0.3 is 0 Å². The number of nitrogens with zero attached hydrogens (tertiary/aromatic N) is 1. The molecule has 2 N–H and O–H groups in total. The van der Waals surface area contributed by atoms with Gasteiger partial charge in [-0.2, -0.15) is 0 Å². The highest BCUT2D eigenvalue weighted by Gasteiger charge is 2.35. The van der Waals surface area contributed by atoms with Crippen molar-refractivity contribution >= 4 is 11.8 Å². The molecule has 6 nitrogen and oxygen atoms in total. The minimum Gasteiger partial charge on any atom is -0.467 e. The fourth-order valence-electron chi connectivity index (χ4n) is 2.96. The molecule has 0 saturated carbocycles. The second kappa shape index (κ2) is 7.64. The van der Waals surface area contributed by atoms with Gasteiger partial charge in [-0.25, -0.2) is 0 Å². The van der Waals surface area contributed by atoms with Crippen LogP contribution in [0.15, 0.2) is 22.8 Å². The first-order valence-electron chi connectivity index (χ1n) is 8.22. The van der Waals surface area contributed by atoms with Crippen molar-refractivity contribution in [2.24, 2.45) is 5.92 Å². The zero-order chi connectivity index (χ0) is 17.0. The molecule has 3 unspecified atom stereocenters. The number of hydrogen-bond donors (Lipinski definition) is 2. The van der Waals surface area contributed by atoms with E-state index >= 15 is 0 Å². The molecular weight excluding hydrogens is 296 g/mol. The molecule has 2 rings (SSSR count). The first-order valence-corrected chi connectivity index (χ1v) is 8.22. The van der Waals surface area contributed by atoms with E-state index in [-0.39, 0.29) is 23.8 Å². The second-order valence-corrected chi connectivity index (χ2v) is 6.52. The normalized spacial score (nSPS) is 20.6. The third-order valence-corrected chi connectivity index (χ3v) is 4.17. The second-order valence-electron chi connectivity index (χ2n) is 6.52. The number of aliphatic hydroxyl groups excluding tert-OH is 1. The highest BCUT2D eigenvalue weighted by molar-refractivity contribution is 5.89. The van der Waals surface area contributed by atoms with Crippen LogP contribution in [0.1, 0.15) is 51.9 Å². The number of furan rings is 1. The molecule has 1 aliphatic rings. The van der Waals surface area contributed by atoms with Crippen LogP contribution in [0.3, 0.4) is 0 Å². The molecule has 2 amide bonds. The Labute approximate surface area is 136 Å². The minimum absolute atomic E-state index is 0.0194. The molecule has 1 aromatic heterocycles. The van der Waals surface area contributed by atoms with Crippen LogP contribution in [0.25, 0.3) is 0 Å². The average Bonchev–Trinajstić information content (AvgIpc) is 3.17. The predicted molar refractivity (Wildman–Crippen MR) is 85.5 cm³/mol. The maximum atomic E-state index is 12.5. The number of nitrogens with one attached hydrogen (secondary N) is 1. The molecule has 6 heteroatoms. The standard InChI is InChI=1S/C17H26N2O4/c1-11(2)17(22)19-8-4-6-13(19)16(21)18-12(3)10-14(20)15-7-5-9-23-15/h5,7,9,11-14,20H,4,6,8,10H2,1-3H3,(H,18,21). The van der Waals surface area contributed by atoms with E-state index in [1.54, 1.807) is 17.0 Å². The highest BCUT2D eigenvalue weighted by Crippen LogP contribution is 2.21. The highest BCUT2D eigenvalue weighted by atomic mass is 16.4. The monoisotopic (exact) mass is 322 g/mol. The first-order chi connectivity index (χ1) is 10.9. The summed E-state index contributed by atoms with van der Waals surface area (Å²) < 4.78 is 5.16. The van der Waals surface area contributed by atoms with Crippen molar-refractivity contribution < 1.29 is 19.1 Å². The van der Waals surface area contributed by atoms with E-state index in [9.17, 15) is 14.7 Å². The van der Waals surface area contributed by atoms with Crippen molar-refractivity contribution in [1.82, 2.24) is 10.2 Å². The summed E-state index contributed by atoms with van der Waals surface area (Å²) in [4.78, 5) is 26.3. The van der Waals surface area contributed by atoms with Gasteiger partial charge in [0.2, 0.25) is 11.8 Å². The van der Waals surface area contributed by atoms with Crippen LogP contribution in [-0.2, 0) is 9.59 Å². The summed E-state index contributed by atoms with van der Waals surface area (Å²) in [5, 5.41) is 13.0. The molecular formula is C17H26N2O4. The van der Waals surface area contributed by atoms with Gasteiger partial charge in [0.05, 0.1) is 6.26 Å². The number of hydrogen-bond acceptors (Lipinski definition) is 4. The zero-order valence-electron chi connectivity index (χ0n) is 14.0. The number of aliphatic hydroxyl groups is 1. The molecule has 128 valence electrons. The number of carbonyl (C=O) groups excluding carboxylic acids is 2. The van der Waals surface area contributed by atoms with Gasteiger partial charge in [-0.05, 0) is 31.9 Å². The molecule has 0 aromatic carbocycles. The van der Waals surface area contributed by atoms with Crippen LogP contribution in [0.4, 0.5) is 0 Å². The average molecular weight is 322 g/mol. The number of likely N-dealkylation sites (tertiary alicyclic amines) is 1. The third kappa shape index (κ3) is 4.34. The minimum atomic E-state index is -0.753. The topological polar surface area (TPSA) is 82.8 Å². The van der Waals surface area contributed by atoms with Crippen molar-refractivity contribution in [1.29, 1.82) is 0 Å². The lowest BCUT2D eigenvalue weighted by atomic mass is 10.1. The lowest BCUT2D eigenvalue weighted by Gasteiger charge is -2.27. The van der Waals surface area contributed by atoms with E-state index in [0.717, 1.165) is 6.42 Å². The Kier molecular flexibility index (Phi) is 5.82. The molecule has 1 saturated heterocycles. The van der Waals surface area contributed by atoms with Crippen LogP contribution < -0.4 is 5.32 Å². The van der Waals surface area contributed by atoms with Gasteiger partial charge < -0.3 is 19.7 Å². The van der Waals surface area contributed by atoms with E-state index in [1.165, 1.54) is 6.26 Å². The quantitative estimate of drug-likeness (QED) is 0.837. The number of carbonyl (C=O) groups is 2. The van der Waals surface area contributed by atoms with E-state index in [2.05, 4.69) is 5.32 Å². The van der Waals surface area contributed by atoms with Crippen LogP contribution >= 0.6 is 0 Å². The Morgan fingerprint density at radius 2 is 2.17 bits per heavy atom. The van der Waals surface area contributed by atoms with Crippen molar-refractivity contribution in [3.63, 3.8) is 0 Å². The van der Waals surface area contributed by atoms with Crippen LogP contribution in [0.2, 0.25) is 0 Å². The Morgan fingerprint density at radius 1 is 1.43 bits per heavy atom. The summed E-state index contributed by atoms with van der Waals surface area (Å²) in [6, 6.07) is 2.82. The molecule has 2 heterocycles. The van der Waals surface area contributed by atoms with Gasteiger partial charge in [0.15, 0.2) is 0 Å². The lowest BCUT2D eigenvalue weighted by molar-refractivity contribution is -0.141. The Bertz CT molecular complexity index is 527. The maximum absolute atomic E-state index is 12.5. The number of rotatable bonds is 6. The lowest BCUT2D eigenvalue weighted by Crippen LogP contribution is -2.49. The SMILES string of the molecule is CC(CC(O)c1ccco1)NC(=O)C1CCCN1C(=O)C(C)C.